The molecule has 166 valence electrons. The average Bonchev–Trinajstić information content (AvgIpc) is 2.52. The van der Waals surface area contributed by atoms with Gasteiger partial charge in [0.05, 0.1) is 5.97 Å². The molecule has 17 heteroatoms. The van der Waals surface area contributed by atoms with Gasteiger partial charge in [-0.2, -0.15) is 61.5 Å². The molecule has 0 aromatic heterocycles. The molecule has 0 aromatic carbocycles. The summed E-state index contributed by atoms with van der Waals surface area (Å²) < 4.78 is 194. The molecule has 0 aliphatic carbocycles. The van der Waals surface area contributed by atoms with Gasteiger partial charge in [0.15, 0.2) is 6.67 Å². The van der Waals surface area contributed by atoms with E-state index >= 15 is 0 Å². The van der Waals surface area contributed by atoms with Crippen LogP contribution < -0.4 is 5.11 Å². The minimum absolute atomic E-state index is 1.58. The molecule has 0 saturated carbocycles. The number of aliphatic carboxylic acids is 1. The summed E-state index contributed by atoms with van der Waals surface area (Å²) in [4.78, 5) is 10.0. The summed E-state index contributed by atoms with van der Waals surface area (Å²) in [7, 11) is 0. The summed E-state index contributed by atoms with van der Waals surface area (Å²) in [6, 6.07) is 0. The number of carbonyl (C=O) groups is 1. The summed E-state index contributed by atoms with van der Waals surface area (Å²) in [6.07, 6.45) is 0. The van der Waals surface area contributed by atoms with Crippen molar-refractivity contribution in [1.29, 1.82) is 0 Å². The van der Waals surface area contributed by atoms with Crippen LogP contribution in [-0.4, -0.2) is 54.1 Å². The largest absolute Gasteiger partial charge is 0.545 e. The van der Waals surface area contributed by atoms with E-state index in [0.717, 1.165) is 0 Å². The van der Waals surface area contributed by atoms with Gasteiger partial charge in [0.25, 0.3) is 0 Å². The van der Waals surface area contributed by atoms with Crippen molar-refractivity contribution in [2.45, 2.75) is 41.5 Å². The van der Waals surface area contributed by atoms with Crippen LogP contribution >= 0.6 is 0 Å². The number of carbonyl (C=O) groups excluding carboxylic acids is 1. The maximum absolute atomic E-state index is 13.2. The highest BCUT2D eigenvalue weighted by Crippen LogP contribution is 2.62. The van der Waals surface area contributed by atoms with Crippen molar-refractivity contribution in [3.05, 3.63) is 12.2 Å². The second kappa shape index (κ2) is 6.60. The number of hydrogen-bond acceptors (Lipinski definition) is 2. The van der Waals surface area contributed by atoms with E-state index in [-0.39, 0.29) is 0 Å². The Labute approximate surface area is 143 Å². The number of rotatable bonds is 9. The van der Waals surface area contributed by atoms with Gasteiger partial charge in [-0.05, 0) is 0 Å². The first-order chi connectivity index (χ1) is 11.9. The minimum Gasteiger partial charge on any atom is -0.545 e. The first-order valence-corrected chi connectivity index (χ1v) is 6.03. The Morgan fingerprint density at radius 2 is 0.929 bits per heavy atom. The van der Waals surface area contributed by atoms with Gasteiger partial charge in [-0.15, -0.1) is 0 Å². The summed E-state index contributed by atoms with van der Waals surface area (Å²) in [5, 5.41) is 10.0. The molecule has 0 bridgehead atoms. The Morgan fingerprint density at radius 3 is 1.21 bits per heavy atom. The van der Waals surface area contributed by atoms with Crippen molar-refractivity contribution in [1.82, 2.24) is 0 Å². The molecule has 2 nitrogen and oxygen atoms in total. The lowest BCUT2D eigenvalue weighted by Gasteiger charge is -2.42. The van der Waals surface area contributed by atoms with Gasteiger partial charge in [-0.3, -0.25) is 0 Å². The first kappa shape index (κ1) is 26.2. The Morgan fingerprint density at radius 1 is 0.643 bits per heavy atom. The molecule has 0 amide bonds. The topological polar surface area (TPSA) is 40.1 Å². The van der Waals surface area contributed by atoms with Crippen LogP contribution in [0.25, 0.3) is 0 Å². The maximum atomic E-state index is 13.2. The monoisotopic (exact) mass is 453 g/mol. The lowest BCUT2D eigenvalue weighted by atomic mass is 9.87. The van der Waals surface area contributed by atoms with Crippen molar-refractivity contribution < 1.29 is 75.8 Å². The normalized spacial score (nSPS) is 15.5. The van der Waals surface area contributed by atoms with Crippen LogP contribution in [0.1, 0.15) is 0 Å². The van der Waals surface area contributed by atoms with Crippen LogP contribution in [0.3, 0.4) is 0 Å². The fraction of sp³-hybridized carbons (Fsp3) is 0.727. The molecule has 0 aliphatic heterocycles. The standard InChI is InChI=1S/C11H5F15O2/c1-3(4(27)28)6(15,16)8(19,20)10(23,24)11(25,26)9(21,22)7(17,18)5(13,14)2-12/h1-2H2,(H,27,28)/p-1. The van der Waals surface area contributed by atoms with E-state index in [1.54, 1.807) is 6.58 Å². The highest BCUT2D eigenvalue weighted by atomic mass is 19.4. The first-order valence-electron chi connectivity index (χ1n) is 6.03. The van der Waals surface area contributed by atoms with Crippen LogP contribution in [0.4, 0.5) is 65.9 Å². The van der Waals surface area contributed by atoms with E-state index in [1.165, 1.54) is 0 Å². The number of halogens is 15. The zero-order chi connectivity index (χ0) is 23.4. The summed E-state index contributed by atoms with van der Waals surface area (Å²) >= 11 is 0. The van der Waals surface area contributed by atoms with Crippen LogP contribution in [-0.2, 0) is 4.79 Å². The van der Waals surface area contributed by atoms with Crippen LogP contribution in [0.5, 0.6) is 0 Å². The molecule has 0 spiro atoms. The van der Waals surface area contributed by atoms with E-state index in [9.17, 15) is 75.8 Å². The second-order valence-electron chi connectivity index (χ2n) is 5.05. The zero-order valence-electron chi connectivity index (χ0n) is 12.4. The molecule has 0 saturated heterocycles. The molecular formula is C11H4F15O2-. The Hall–Kier alpha value is -1.84. The Balaban J connectivity index is 6.68. The predicted molar refractivity (Wildman–Crippen MR) is 54.8 cm³/mol. The fourth-order valence-electron chi connectivity index (χ4n) is 1.42. The smallest absolute Gasteiger partial charge is 0.385 e. The van der Waals surface area contributed by atoms with Gasteiger partial charge in [0.1, 0.15) is 0 Å². The summed E-state index contributed by atoms with van der Waals surface area (Å²) in [5.74, 6) is -58.0. The molecule has 0 atom stereocenters. The van der Waals surface area contributed by atoms with Crippen molar-refractivity contribution in [2.24, 2.45) is 0 Å². The zero-order valence-corrected chi connectivity index (χ0v) is 12.4. The van der Waals surface area contributed by atoms with Crippen LogP contribution in [0, 0.1) is 0 Å². The highest BCUT2D eigenvalue weighted by Gasteiger charge is 2.92. The summed E-state index contributed by atoms with van der Waals surface area (Å²) in [5.41, 5.74) is -3.36. The van der Waals surface area contributed by atoms with Gasteiger partial charge < -0.3 is 9.90 Å². The lowest BCUT2D eigenvalue weighted by Crippen LogP contribution is -2.73. The molecule has 0 fully saturated rings. The van der Waals surface area contributed by atoms with E-state index in [2.05, 4.69) is 0 Å². The van der Waals surface area contributed by atoms with E-state index in [1.807, 2.05) is 0 Å². The average molecular weight is 453 g/mol. The van der Waals surface area contributed by atoms with Gasteiger partial charge in [-0.1, -0.05) is 6.58 Å². The van der Waals surface area contributed by atoms with E-state index < -0.39 is 59.7 Å². The van der Waals surface area contributed by atoms with E-state index in [4.69, 9.17) is 0 Å². The number of carboxylic acids is 1. The quantitative estimate of drug-likeness (QED) is 0.395. The highest BCUT2D eigenvalue weighted by molar-refractivity contribution is 5.86. The SMILES string of the molecule is C=C(C(=O)[O-])C(F)(F)C(F)(F)C(F)(F)C(F)(F)C(F)(F)C(F)(F)C(F)(F)CF. The van der Waals surface area contributed by atoms with Crippen molar-refractivity contribution in [3.63, 3.8) is 0 Å². The van der Waals surface area contributed by atoms with Gasteiger partial charge >= 0.3 is 41.5 Å². The molecule has 0 N–H and O–H groups in total. The second-order valence-corrected chi connectivity index (χ2v) is 5.05. The van der Waals surface area contributed by atoms with Crippen molar-refractivity contribution >= 4 is 5.97 Å². The molecule has 0 unspecified atom stereocenters. The summed E-state index contributed by atoms with van der Waals surface area (Å²) in [6.45, 7) is -2.29. The number of carboxylic acid groups (broad SMARTS) is 1. The fourth-order valence-corrected chi connectivity index (χ4v) is 1.42. The molecule has 0 heterocycles. The van der Waals surface area contributed by atoms with Gasteiger partial charge in [0.2, 0.25) is 0 Å². The minimum atomic E-state index is -8.40. The predicted octanol–water partition coefficient (Wildman–Crippen LogP) is 3.71. The van der Waals surface area contributed by atoms with Crippen molar-refractivity contribution in [2.75, 3.05) is 6.67 Å². The van der Waals surface area contributed by atoms with Crippen LogP contribution in [0.15, 0.2) is 12.2 Å². The Bertz CT molecular complexity index is 636. The molecular weight excluding hydrogens is 449 g/mol. The van der Waals surface area contributed by atoms with Gasteiger partial charge in [0, 0.05) is 5.57 Å². The lowest BCUT2D eigenvalue weighted by molar-refractivity contribution is -0.439. The van der Waals surface area contributed by atoms with Gasteiger partial charge in [-0.25, -0.2) is 4.39 Å². The number of hydrogen-bond donors (Lipinski definition) is 0. The molecule has 0 aliphatic rings. The van der Waals surface area contributed by atoms with Crippen LogP contribution in [0.2, 0.25) is 0 Å². The Kier molecular flexibility index (Phi) is 6.17. The number of alkyl halides is 15. The van der Waals surface area contributed by atoms with Crippen molar-refractivity contribution in [3.8, 4) is 0 Å². The molecule has 0 rings (SSSR count). The van der Waals surface area contributed by atoms with E-state index in [0.29, 0.717) is 0 Å². The maximum Gasteiger partial charge on any atom is 0.385 e. The molecule has 0 aromatic rings. The third kappa shape index (κ3) is 3.05. The molecule has 28 heavy (non-hydrogen) atoms. The third-order valence-electron chi connectivity index (χ3n) is 3.22. The third-order valence-corrected chi connectivity index (χ3v) is 3.22. The molecule has 0 radical (unpaired) electrons.